The van der Waals surface area contributed by atoms with Crippen LogP contribution >= 0.6 is 0 Å². The second-order valence-electron chi connectivity index (χ2n) is 7.29. The molecule has 2 nitrogen and oxygen atoms in total. The molecule has 0 aliphatic carbocycles. The van der Waals surface area contributed by atoms with Gasteiger partial charge in [-0.2, -0.15) is 0 Å². The quantitative estimate of drug-likeness (QED) is 0.859. The van der Waals surface area contributed by atoms with Gasteiger partial charge in [-0.3, -0.25) is 0 Å². The lowest BCUT2D eigenvalue weighted by Crippen LogP contribution is -2.48. The highest BCUT2D eigenvalue weighted by Crippen LogP contribution is 2.34. The van der Waals surface area contributed by atoms with Crippen molar-refractivity contribution in [1.29, 1.82) is 0 Å². The van der Waals surface area contributed by atoms with Gasteiger partial charge in [0.05, 0.1) is 0 Å². The standard InChI is InChI=1S/C19H32N2/c1-16(2)14-17(3)21(4)15-19(10-12-20-13-11-19)18-8-6-5-7-9-18/h5-9,16-17,20H,10-15H2,1-4H3. The third-order valence-electron chi connectivity index (χ3n) is 5.06. The van der Waals surface area contributed by atoms with Gasteiger partial charge in [0.25, 0.3) is 0 Å². The van der Waals surface area contributed by atoms with E-state index in [0.717, 1.165) is 19.0 Å². The summed E-state index contributed by atoms with van der Waals surface area (Å²) in [6, 6.07) is 11.8. The van der Waals surface area contributed by atoms with Crippen LogP contribution in [0, 0.1) is 5.92 Å². The maximum absolute atomic E-state index is 3.53. The molecule has 0 aromatic heterocycles. The smallest absolute Gasteiger partial charge is 0.0104 e. The molecule has 1 aliphatic rings. The maximum atomic E-state index is 3.53. The Morgan fingerprint density at radius 1 is 1.10 bits per heavy atom. The lowest BCUT2D eigenvalue weighted by molar-refractivity contribution is 0.153. The molecule has 0 saturated carbocycles. The maximum Gasteiger partial charge on any atom is 0.0104 e. The molecule has 1 atom stereocenters. The van der Waals surface area contributed by atoms with Crippen LogP contribution in [0.3, 0.4) is 0 Å². The number of rotatable bonds is 6. The summed E-state index contributed by atoms with van der Waals surface area (Å²) in [5.74, 6) is 0.767. The summed E-state index contributed by atoms with van der Waals surface area (Å²) in [7, 11) is 2.31. The number of hydrogen-bond donors (Lipinski definition) is 1. The minimum Gasteiger partial charge on any atom is -0.317 e. The van der Waals surface area contributed by atoms with Crippen LogP contribution in [0.1, 0.15) is 45.6 Å². The minimum absolute atomic E-state index is 0.326. The Bertz CT molecular complexity index is 407. The van der Waals surface area contributed by atoms with Gasteiger partial charge >= 0.3 is 0 Å². The van der Waals surface area contributed by atoms with Crippen LogP contribution in [-0.2, 0) is 5.41 Å². The third-order valence-corrected chi connectivity index (χ3v) is 5.06. The van der Waals surface area contributed by atoms with E-state index >= 15 is 0 Å². The van der Waals surface area contributed by atoms with Crippen molar-refractivity contribution in [2.45, 2.75) is 51.5 Å². The number of nitrogens with zero attached hydrogens (tertiary/aromatic N) is 1. The van der Waals surface area contributed by atoms with E-state index < -0.39 is 0 Å². The van der Waals surface area contributed by atoms with Gasteiger partial charge in [0.1, 0.15) is 0 Å². The van der Waals surface area contributed by atoms with Crippen molar-refractivity contribution in [2.75, 3.05) is 26.7 Å². The Morgan fingerprint density at radius 3 is 2.29 bits per heavy atom. The highest BCUT2D eigenvalue weighted by atomic mass is 15.1. The van der Waals surface area contributed by atoms with Gasteiger partial charge in [-0.1, -0.05) is 44.2 Å². The van der Waals surface area contributed by atoms with Gasteiger partial charge in [-0.05, 0) is 57.8 Å². The van der Waals surface area contributed by atoms with Crippen LogP contribution in [-0.4, -0.2) is 37.6 Å². The Morgan fingerprint density at radius 2 is 1.71 bits per heavy atom. The average molecular weight is 288 g/mol. The summed E-state index contributed by atoms with van der Waals surface area (Å²) in [4.78, 5) is 2.58. The molecule has 0 bridgehead atoms. The Hall–Kier alpha value is -0.860. The second kappa shape index (κ2) is 7.42. The van der Waals surface area contributed by atoms with Gasteiger partial charge in [0.15, 0.2) is 0 Å². The number of nitrogens with one attached hydrogen (secondary N) is 1. The highest BCUT2D eigenvalue weighted by molar-refractivity contribution is 5.27. The molecule has 2 rings (SSSR count). The molecule has 1 aromatic carbocycles. The van der Waals surface area contributed by atoms with Crippen molar-refractivity contribution in [1.82, 2.24) is 10.2 Å². The fourth-order valence-electron chi connectivity index (χ4n) is 3.73. The predicted molar refractivity (Wildman–Crippen MR) is 91.8 cm³/mol. The summed E-state index contributed by atoms with van der Waals surface area (Å²) in [6.07, 6.45) is 3.77. The molecule has 1 N–H and O–H groups in total. The lowest BCUT2D eigenvalue weighted by atomic mass is 9.72. The van der Waals surface area contributed by atoms with E-state index in [1.165, 1.54) is 31.4 Å². The topological polar surface area (TPSA) is 15.3 Å². The van der Waals surface area contributed by atoms with Gasteiger partial charge in [0, 0.05) is 18.0 Å². The molecule has 1 aromatic rings. The first-order valence-electron chi connectivity index (χ1n) is 8.50. The second-order valence-corrected chi connectivity index (χ2v) is 7.29. The zero-order chi connectivity index (χ0) is 15.3. The van der Waals surface area contributed by atoms with Crippen LogP contribution in [0.2, 0.25) is 0 Å². The number of benzene rings is 1. The van der Waals surface area contributed by atoms with Gasteiger partial charge < -0.3 is 10.2 Å². The van der Waals surface area contributed by atoms with Gasteiger partial charge in [-0.15, -0.1) is 0 Å². The van der Waals surface area contributed by atoms with E-state index in [-0.39, 0.29) is 0 Å². The van der Waals surface area contributed by atoms with E-state index in [1.54, 1.807) is 0 Å². The first-order valence-corrected chi connectivity index (χ1v) is 8.50. The Balaban J connectivity index is 2.13. The van der Waals surface area contributed by atoms with E-state index in [1.807, 2.05) is 0 Å². The predicted octanol–water partition coefficient (Wildman–Crippen LogP) is 3.67. The zero-order valence-corrected chi connectivity index (χ0v) is 14.2. The van der Waals surface area contributed by atoms with Crippen molar-refractivity contribution in [3.05, 3.63) is 35.9 Å². The Kier molecular flexibility index (Phi) is 5.83. The molecular weight excluding hydrogens is 256 g/mol. The van der Waals surface area contributed by atoms with E-state index in [2.05, 4.69) is 68.4 Å². The fourth-order valence-corrected chi connectivity index (χ4v) is 3.73. The summed E-state index contributed by atoms with van der Waals surface area (Å²) < 4.78 is 0. The molecule has 0 spiro atoms. The molecule has 0 radical (unpaired) electrons. The molecule has 2 heteroatoms. The summed E-state index contributed by atoms with van der Waals surface area (Å²) in [5, 5.41) is 3.53. The minimum atomic E-state index is 0.326. The van der Waals surface area contributed by atoms with Gasteiger partial charge in [-0.25, -0.2) is 0 Å². The summed E-state index contributed by atoms with van der Waals surface area (Å²) >= 11 is 0. The fraction of sp³-hybridized carbons (Fsp3) is 0.684. The summed E-state index contributed by atoms with van der Waals surface area (Å²) in [6.45, 7) is 10.5. The molecule has 1 saturated heterocycles. The average Bonchev–Trinajstić information content (AvgIpc) is 2.48. The number of hydrogen-bond acceptors (Lipinski definition) is 2. The SMILES string of the molecule is CC(C)CC(C)N(C)CC1(c2ccccc2)CCNCC1. The van der Waals surface area contributed by atoms with Gasteiger partial charge in [0.2, 0.25) is 0 Å². The number of likely N-dealkylation sites (N-methyl/N-ethyl adjacent to an activating group) is 1. The van der Waals surface area contributed by atoms with Crippen LogP contribution < -0.4 is 5.32 Å². The van der Waals surface area contributed by atoms with Crippen LogP contribution in [0.25, 0.3) is 0 Å². The van der Waals surface area contributed by atoms with Crippen LogP contribution in [0.4, 0.5) is 0 Å². The molecule has 0 amide bonds. The molecule has 21 heavy (non-hydrogen) atoms. The van der Waals surface area contributed by atoms with E-state index in [0.29, 0.717) is 11.5 Å². The van der Waals surface area contributed by atoms with Crippen LogP contribution in [0.15, 0.2) is 30.3 Å². The van der Waals surface area contributed by atoms with E-state index in [4.69, 9.17) is 0 Å². The zero-order valence-electron chi connectivity index (χ0n) is 14.2. The highest BCUT2D eigenvalue weighted by Gasteiger charge is 2.35. The monoisotopic (exact) mass is 288 g/mol. The normalized spacial score (nSPS) is 19.9. The first kappa shape index (κ1) is 16.5. The molecule has 1 unspecified atom stereocenters. The van der Waals surface area contributed by atoms with Crippen LogP contribution in [0.5, 0.6) is 0 Å². The van der Waals surface area contributed by atoms with Crippen molar-refractivity contribution in [3.8, 4) is 0 Å². The first-order chi connectivity index (χ1) is 10.0. The summed E-state index contributed by atoms with van der Waals surface area (Å²) in [5.41, 5.74) is 1.85. The van der Waals surface area contributed by atoms with Crippen molar-refractivity contribution in [3.63, 3.8) is 0 Å². The van der Waals surface area contributed by atoms with E-state index in [9.17, 15) is 0 Å². The molecule has 118 valence electrons. The van der Waals surface area contributed by atoms with Crippen molar-refractivity contribution < 1.29 is 0 Å². The molecule has 1 fully saturated rings. The third kappa shape index (κ3) is 4.31. The number of piperidine rings is 1. The van der Waals surface area contributed by atoms with Crippen molar-refractivity contribution in [2.24, 2.45) is 5.92 Å². The molecule has 1 aliphatic heterocycles. The largest absolute Gasteiger partial charge is 0.317 e. The Labute approximate surface area is 130 Å². The molecular formula is C19H32N2. The van der Waals surface area contributed by atoms with Crippen molar-refractivity contribution >= 4 is 0 Å². The molecule has 1 heterocycles. The lowest BCUT2D eigenvalue weighted by Gasteiger charge is -2.42.